The molecule has 0 radical (unpaired) electrons. The predicted molar refractivity (Wildman–Crippen MR) is 66.6 cm³/mol. The fourth-order valence-corrected chi connectivity index (χ4v) is 1.45. The van der Waals surface area contributed by atoms with Gasteiger partial charge in [0.2, 0.25) is 5.91 Å². The van der Waals surface area contributed by atoms with Crippen LogP contribution in [0.2, 0.25) is 0 Å². The van der Waals surface area contributed by atoms with Gasteiger partial charge in [-0.15, -0.1) is 11.8 Å². The SMILES string of the molecule is CC(C)(NC(=O)CSCC#N)C(C)(C)C(=O)O. The number of hydrogen-bond donors (Lipinski definition) is 2. The molecule has 1 amide bonds. The topological polar surface area (TPSA) is 90.2 Å². The maximum atomic E-state index is 11.6. The maximum absolute atomic E-state index is 11.6. The van der Waals surface area contributed by atoms with E-state index >= 15 is 0 Å². The lowest BCUT2D eigenvalue weighted by molar-refractivity contribution is -0.151. The molecule has 96 valence electrons. The molecule has 0 aromatic heterocycles. The third-order valence-electron chi connectivity index (χ3n) is 2.95. The largest absolute Gasteiger partial charge is 0.481 e. The van der Waals surface area contributed by atoms with Crippen molar-refractivity contribution in [3.05, 3.63) is 0 Å². The Hall–Kier alpha value is -1.22. The molecule has 0 bridgehead atoms. The first kappa shape index (κ1) is 15.8. The van der Waals surface area contributed by atoms with Crippen LogP contribution in [0.3, 0.4) is 0 Å². The smallest absolute Gasteiger partial charge is 0.311 e. The van der Waals surface area contributed by atoms with Gasteiger partial charge in [0.15, 0.2) is 0 Å². The lowest BCUT2D eigenvalue weighted by Crippen LogP contribution is -2.57. The minimum Gasteiger partial charge on any atom is -0.481 e. The Morgan fingerprint density at radius 1 is 1.35 bits per heavy atom. The zero-order valence-corrected chi connectivity index (χ0v) is 11.3. The Kier molecular flexibility index (Phi) is 5.49. The standard InChI is InChI=1S/C11H18N2O3S/c1-10(2,9(15)16)11(3,4)13-8(14)7-17-6-5-12/h6-7H2,1-4H3,(H,13,14)(H,15,16). The Labute approximate surface area is 106 Å². The van der Waals surface area contributed by atoms with E-state index in [0.717, 1.165) is 0 Å². The summed E-state index contributed by atoms with van der Waals surface area (Å²) in [5, 5.41) is 20.1. The number of nitriles is 1. The molecular weight excluding hydrogens is 240 g/mol. The minimum absolute atomic E-state index is 0.159. The van der Waals surface area contributed by atoms with E-state index in [0.29, 0.717) is 0 Å². The van der Waals surface area contributed by atoms with Crippen molar-refractivity contribution in [1.29, 1.82) is 5.26 Å². The van der Waals surface area contributed by atoms with Gasteiger partial charge in [-0.2, -0.15) is 5.26 Å². The van der Waals surface area contributed by atoms with Crippen LogP contribution >= 0.6 is 11.8 Å². The van der Waals surface area contributed by atoms with Crippen LogP contribution in [0.15, 0.2) is 0 Å². The van der Waals surface area contributed by atoms with Gasteiger partial charge in [-0.25, -0.2) is 0 Å². The van der Waals surface area contributed by atoms with Gasteiger partial charge in [-0.1, -0.05) is 0 Å². The normalized spacial score (nSPS) is 11.7. The molecule has 5 nitrogen and oxygen atoms in total. The van der Waals surface area contributed by atoms with E-state index in [2.05, 4.69) is 5.32 Å². The monoisotopic (exact) mass is 258 g/mol. The van der Waals surface area contributed by atoms with Crippen LogP contribution in [0.1, 0.15) is 27.7 Å². The van der Waals surface area contributed by atoms with E-state index in [1.165, 1.54) is 11.8 Å². The van der Waals surface area contributed by atoms with Gasteiger partial charge >= 0.3 is 5.97 Å². The van der Waals surface area contributed by atoms with Crippen molar-refractivity contribution in [2.45, 2.75) is 33.2 Å². The van der Waals surface area contributed by atoms with E-state index in [4.69, 9.17) is 10.4 Å². The van der Waals surface area contributed by atoms with Crippen LogP contribution in [0, 0.1) is 16.7 Å². The fraction of sp³-hybridized carbons (Fsp3) is 0.727. The first-order chi connectivity index (χ1) is 7.65. The van der Waals surface area contributed by atoms with E-state index in [1.807, 2.05) is 6.07 Å². The Morgan fingerprint density at radius 2 is 1.88 bits per heavy atom. The molecule has 0 aromatic rings. The quantitative estimate of drug-likeness (QED) is 0.700. The van der Waals surface area contributed by atoms with Crippen molar-refractivity contribution < 1.29 is 14.7 Å². The number of carbonyl (C=O) groups is 2. The van der Waals surface area contributed by atoms with Crippen LogP contribution in [-0.4, -0.2) is 34.0 Å². The summed E-state index contributed by atoms with van der Waals surface area (Å²) in [5.41, 5.74) is -1.92. The number of rotatable bonds is 6. The summed E-state index contributed by atoms with van der Waals surface area (Å²) in [6.45, 7) is 6.48. The molecule has 0 aliphatic heterocycles. The van der Waals surface area contributed by atoms with E-state index < -0.39 is 16.9 Å². The number of carboxylic acid groups (broad SMARTS) is 1. The van der Waals surface area contributed by atoms with Crippen LogP contribution in [0.5, 0.6) is 0 Å². The van der Waals surface area contributed by atoms with Gasteiger partial charge in [-0.05, 0) is 27.7 Å². The number of thioether (sulfide) groups is 1. The second-order valence-electron chi connectivity index (χ2n) is 4.75. The van der Waals surface area contributed by atoms with E-state index in [1.54, 1.807) is 27.7 Å². The van der Waals surface area contributed by atoms with Gasteiger partial charge in [-0.3, -0.25) is 9.59 Å². The highest BCUT2D eigenvalue weighted by Crippen LogP contribution is 2.30. The lowest BCUT2D eigenvalue weighted by Gasteiger charge is -2.38. The van der Waals surface area contributed by atoms with Crippen molar-refractivity contribution in [2.24, 2.45) is 5.41 Å². The van der Waals surface area contributed by atoms with Crippen LogP contribution in [0.25, 0.3) is 0 Å². The molecule has 17 heavy (non-hydrogen) atoms. The highest BCUT2D eigenvalue weighted by atomic mass is 32.2. The van der Waals surface area contributed by atoms with Crippen molar-refractivity contribution in [3.63, 3.8) is 0 Å². The Balaban J connectivity index is 4.50. The number of aliphatic carboxylic acids is 1. The fourth-order valence-electron chi connectivity index (χ4n) is 0.998. The first-order valence-electron chi connectivity index (χ1n) is 5.14. The molecule has 0 aromatic carbocycles. The highest BCUT2D eigenvalue weighted by molar-refractivity contribution is 8.00. The molecule has 0 saturated heterocycles. The molecule has 0 aliphatic carbocycles. The highest BCUT2D eigenvalue weighted by Gasteiger charge is 2.44. The zero-order valence-electron chi connectivity index (χ0n) is 10.5. The van der Waals surface area contributed by atoms with E-state index in [-0.39, 0.29) is 17.4 Å². The van der Waals surface area contributed by atoms with Crippen molar-refractivity contribution in [1.82, 2.24) is 5.32 Å². The summed E-state index contributed by atoms with van der Waals surface area (Å²) < 4.78 is 0. The second kappa shape index (κ2) is 5.92. The minimum atomic E-state index is -1.07. The van der Waals surface area contributed by atoms with Gasteiger partial charge in [0.05, 0.1) is 23.0 Å². The summed E-state index contributed by atoms with van der Waals surface area (Å²) in [6, 6.07) is 1.92. The number of hydrogen-bond acceptors (Lipinski definition) is 4. The molecule has 0 unspecified atom stereocenters. The molecule has 0 spiro atoms. The van der Waals surface area contributed by atoms with Gasteiger partial charge in [0.25, 0.3) is 0 Å². The van der Waals surface area contributed by atoms with Crippen molar-refractivity contribution in [2.75, 3.05) is 11.5 Å². The Morgan fingerprint density at radius 3 is 2.29 bits per heavy atom. The third-order valence-corrected chi connectivity index (χ3v) is 3.75. The molecule has 0 saturated carbocycles. The average Bonchev–Trinajstić information content (AvgIpc) is 2.16. The number of nitrogens with one attached hydrogen (secondary N) is 1. The second-order valence-corrected chi connectivity index (χ2v) is 5.74. The van der Waals surface area contributed by atoms with Gasteiger partial charge in [0.1, 0.15) is 0 Å². The molecule has 6 heteroatoms. The van der Waals surface area contributed by atoms with Gasteiger partial charge in [0, 0.05) is 5.54 Å². The van der Waals surface area contributed by atoms with Crippen LogP contribution in [-0.2, 0) is 9.59 Å². The zero-order chi connectivity index (χ0) is 13.7. The van der Waals surface area contributed by atoms with Crippen LogP contribution < -0.4 is 5.32 Å². The number of nitrogens with zero attached hydrogens (tertiary/aromatic N) is 1. The molecule has 2 N–H and O–H groups in total. The summed E-state index contributed by atoms with van der Waals surface area (Å²) in [5.74, 6) is -0.819. The average molecular weight is 258 g/mol. The molecule has 0 heterocycles. The predicted octanol–water partition coefficient (Wildman–Crippen LogP) is 1.25. The first-order valence-corrected chi connectivity index (χ1v) is 6.29. The Bertz CT molecular complexity index is 345. The summed E-state index contributed by atoms with van der Waals surface area (Å²) in [4.78, 5) is 22.7. The number of amides is 1. The molecule has 0 aliphatic rings. The van der Waals surface area contributed by atoms with Gasteiger partial charge < -0.3 is 10.4 Å². The van der Waals surface area contributed by atoms with Crippen molar-refractivity contribution in [3.8, 4) is 6.07 Å². The molecular formula is C11H18N2O3S. The van der Waals surface area contributed by atoms with Crippen LogP contribution in [0.4, 0.5) is 0 Å². The third kappa shape index (κ3) is 4.27. The molecule has 0 fully saturated rings. The summed E-state index contributed by atoms with van der Waals surface area (Å²) in [7, 11) is 0. The lowest BCUT2D eigenvalue weighted by atomic mass is 9.74. The van der Waals surface area contributed by atoms with Crippen molar-refractivity contribution >= 4 is 23.6 Å². The number of carbonyl (C=O) groups excluding carboxylic acids is 1. The molecule has 0 rings (SSSR count). The van der Waals surface area contributed by atoms with E-state index in [9.17, 15) is 9.59 Å². The summed E-state index contributed by atoms with van der Waals surface area (Å²) >= 11 is 1.20. The summed E-state index contributed by atoms with van der Waals surface area (Å²) in [6.07, 6.45) is 0. The number of carboxylic acids is 1. The maximum Gasteiger partial charge on any atom is 0.311 e. The molecule has 0 atom stereocenters.